The molecule has 0 saturated carbocycles. The van der Waals surface area contributed by atoms with E-state index < -0.39 is 0 Å². The second kappa shape index (κ2) is 8.55. The molecule has 4 rings (SSSR count). The summed E-state index contributed by atoms with van der Waals surface area (Å²) >= 11 is 3.42. The molecule has 158 valence electrons. The van der Waals surface area contributed by atoms with Crippen molar-refractivity contribution in [3.05, 3.63) is 51.4 Å². The molecule has 2 amide bonds. The van der Waals surface area contributed by atoms with Gasteiger partial charge in [0.25, 0.3) is 0 Å². The number of carbonyl (C=O) groups is 1. The highest BCUT2D eigenvalue weighted by Gasteiger charge is 2.21. The van der Waals surface area contributed by atoms with Gasteiger partial charge in [-0.15, -0.1) is 0 Å². The van der Waals surface area contributed by atoms with Gasteiger partial charge in [0.1, 0.15) is 0 Å². The quantitative estimate of drug-likeness (QED) is 0.558. The number of nitrogens with zero attached hydrogens (tertiary/aromatic N) is 3. The number of aryl methyl sites for hydroxylation is 2. The molecule has 1 aromatic heterocycles. The molecule has 0 aliphatic carbocycles. The lowest BCUT2D eigenvalue weighted by Crippen LogP contribution is -2.24. The van der Waals surface area contributed by atoms with E-state index in [1.807, 2.05) is 50.2 Å². The summed E-state index contributed by atoms with van der Waals surface area (Å²) in [4.78, 5) is 27.8. The zero-order chi connectivity index (χ0) is 21.3. The summed E-state index contributed by atoms with van der Waals surface area (Å²) in [5.41, 5.74) is 4.10. The molecule has 0 bridgehead atoms. The first-order valence-electron chi connectivity index (χ1n) is 10.4. The minimum absolute atomic E-state index is 0.0156. The summed E-state index contributed by atoms with van der Waals surface area (Å²) in [6.45, 7) is 7.01. The van der Waals surface area contributed by atoms with Crippen LogP contribution in [-0.4, -0.2) is 28.3 Å². The van der Waals surface area contributed by atoms with Crippen LogP contribution in [0.15, 0.2) is 45.7 Å². The molecular formula is C22H26BrN5O2. The van der Waals surface area contributed by atoms with E-state index in [1.54, 1.807) is 9.13 Å². The Hall–Kier alpha value is -2.74. The Balaban J connectivity index is 1.75. The predicted molar refractivity (Wildman–Crippen MR) is 126 cm³/mol. The first kappa shape index (κ1) is 20.5. The molecule has 7 nitrogen and oxygen atoms in total. The molecule has 8 heteroatoms. The van der Waals surface area contributed by atoms with E-state index in [0.717, 1.165) is 47.1 Å². The van der Waals surface area contributed by atoms with Crippen molar-refractivity contribution in [2.45, 2.75) is 39.8 Å². The maximum absolute atomic E-state index is 12.8. The standard InChI is InChI=1S/C22H26BrN5O2/c1-3-27-19-13-17(25-21(29)24-16-9-7-8-15(23)12-16)18(26-10-5-6-11-26)14-20(19)28(4-2)22(27)30/h7-9,12-14H,3-6,10-11H2,1-2H3,(H2,24,25,29). The van der Waals surface area contributed by atoms with E-state index in [-0.39, 0.29) is 11.7 Å². The lowest BCUT2D eigenvalue weighted by atomic mass is 10.2. The van der Waals surface area contributed by atoms with Gasteiger partial charge in [-0.1, -0.05) is 22.0 Å². The Morgan fingerprint density at radius 1 is 1.00 bits per heavy atom. The lowest BCUT2D eigenvalue weighted by molar-refractivity contribution is 0.262. The van der Waals surface area contributed by atoms with E-state index in [4.69, 9.17) is 0 Å². The Labute approximate surface area is 183 Å². The van der Waals surface area contributed by atoms with Crippen molar-refractivity contribution in [1.29, 1.82) is 0 Å². The highest BCUT2D eigenvalue weighted by molar-refractivity contribution is 9.10. The summed E-state index contributed by atoms with van der Waals surface area (Å²) in [6, 6.07) is 11.1. The molecule has 0 radical (unpaired) electrons. The Morgan fingerprint density at radius 3 is 2.30 bits per heavy atom. The number of hydrogen-bond donors (Lipinski definition) is 2. The van der Waals surface area contributed by atoms with E-state index >= 15 is 0 Å². The third kappa shape index (κ3) is 3.84. The molecule has 2 N–H and O–H groups in total. The minimum Gasteiger partial charge on any atom is -0.370 e. The number of benzene rings is 2. The Bertz CT molecular complexity index is 1140. The number of hydrogen-bond acceptors (Lipinski definition) is 3. The topological polar surface area (TPSA) is 71.3 Å². The van der Waals surface area contributed by atoms with Gasteiger partial charge < -0.3 is 15.5 Å². The van der Waals surface area contributed by atoms with Gasteiger partial charge in [0.15, 0.2) is 0 Å². The summed E-state index contributed by atoms with van der Waals surface area (Å²) in [5.74, 6) is 0. The maximum atomic E-state index is 12.8. The second-order valence-corrected chi connectivity index (χ2v) is 8.33. The third-order valence-corrected chi connectivity index (χ3v) is 6.04. The van der Waals surface area contributed by atoms with Crippen LogP contribution in [0.3, 0.4) is 0 Å². The fourth-order valence-corrected chi connectivity index (χ4v) is 4.53. The SMILES string of the molecule is CCn1c(=O)n(CC)c2cc(N3CCCC3)c(NC(=O)Nc3cccc(Br)c3)cc21. The number of urea groups is 1. The maximum Gasteiger partial charge on any atom is 0.329 e. The summed E-state index contributed by atoms with van der Waals surface area (Å²) in [6.07, 6.45) is 2.25. The number of carbonyl (C=O) groups excluding carboxylic acids is 1. The third-order valence-electron chi connectivity index (χ3n) is 5.55. The molecule has 1 fully saturated rings. The minimum atomic E-state index is -0.312. The van der Waals surface area contributed by atoms with Crippen LogP contribution in [0.1, 0.15) is 26.7 Å². The largest absolute Gasteiger partial charge is 0.370 e. The number of halogens is 1. The molecule has 1 saturated heterocycles. The fourth-order valence-electron chi connectivity index (χ4n) is 4.13. The summed E-state index contributed by atoms with van der Waals surface area (Å²) in [5, 5.41) is 5.90. The number of imidazole rings is 1. The monoisotopic (exact) mass is 471 g/mol. The normalized spacial score (nSPS) is 13.8. The first-order chi connectivity index (χ1) is 14.5. The fraction of sp³-hybridized carbons (Fsp3) is 0.364. The summed E-state index contributed by atoms with van der Waals surface area (Å²) < 4.78 is 4.45. The van der Waals surface area contributed by atoms with Crippen LogP contribution in [0, 0.1) is 0 Å². The number of fused-ring (bicyclic) bond motifs is 1. The van der Waals surface area contributed by atoms with Gasteiger partial charge in [0.05, 0.1) is 22.4 Å². The van der Waals surface area contributed by atoms with Crippen LogP contribution in [-0.2, 0) is 13.1 Å². The van der Waals surface area contributed by atoms with Gasteiger partial charge in [-0.2, -0.15) is 0 Å². The van der Waals surface area contributed by atoms with Crippen molar-refractivity contribution < 1.29 is 4.79 Å². The van der Waals surface area contributed by atoms with Crippen LogP contribution in [0.2, 0.25) is 0 Å². The van der Waals surface area contributed by atoms with Crippen molar-refractivity contribution in [1.82, 2.24) is 9.13 Å². The first-order valence-corrected chi connectivity index (χ1v) is 11.2. The van der Waals surface area contributed by atoms with E-state index in [2.05, 4.69) is 31.5 Å². The van der Waals surface area contributed by atoms with Gasteiger partial charge in [0.2, 0.25) is 0 Å². The van der Waals surface area contributed by atoms with Crippen molar-refractivity contribution in [3.8, 4) is 0 Å². The van der Waals surface area contributed by atoms with Crippen molar-refractivity contribution in [2.75, 3.05) is 28.6 Å². The Morgan fingerprint density at radius 2 is 1.67 bits per heavy atom. The molecular weight excluding hydrogens is 446 g/mol. The molecule has 30 heavy (non-hydrogen) atoms. The highest BCUT2D eigenvalue weighted by Crippen LogP contribution is 2.33. The van der Waals surface area contributed by atoms with Crippen LogP contribution < -0.4 is 21.2 Å². The average Bonchev–Trinajstić information content (AvgIpc) is 3.32. The van der Waals surface area contributed by atoms with Gasteiger partial charge in [-0.3, -0.25) is 9.13 Å². The second-order valence-electron chi connectivity index (χ2n) is 7.41. The lowest BCUT2D eigenvalue weighted by Gasteiger charge is -2.22. The molecule has 2 aromatic carbocycles. The van der Waals surface area contributed by atoms with Crippen LogP contribution in [0.25, 0.3) is 11.0 Å². The summed E-state index contributed by atoms with van der Waals surface area (Å²) in [7, 11) is 0. The van der Waals surface area contributed by atoms with Gasteiger partial charge in [0, 0.05) is 36.3 Å². The molecule has 2 heterocycles. The van der Waals surface area contributed by atoms with Gasteiger partial charge in [-0.25, -0.2) is 9.59 Å². The number of rotatable bonds is 5. The number of aromatic nitrogens is 2. The van der Waals surface area contributed by atoms with Crippen LogP contribution in [0.5, 0.6) is 0 Å². The van der Waals surface area contributed by atoms with Crippen LogP contribution in [0.4, 0.5) is 21.9 Å². The Kier molecular flexibility index (Phi) is 5.85. The highest BCUT2D eigenvalue weighted by atomic mass is 79.9. The average molecular weight is 472 g/mol. The molecule has 0 atom stereocenters. The number of amides is 2. The van der Waals surface area contributed by atoms with Crippen molar-refractivity contribution in [2.24, 2.45) is 0 Å². The zero-order valence-corrected chi connectivity index (χ0v) is 18.8. The van der Waals surface area contributed by atoms with Crippen LogP contribution >= 0.6 is 15.9 Å². The van der Waals surface area contributed by atoms with Crippen molar-refractivity contribution in [3.63, 3.8) is 0 Å². The molecule has 1 aliphatic rings. The molecule has 1 aliphatic heterocycles. The predicted octanol–water partition coefficient (Wildman–Crippen LogP) is 4.85. The molecule has 0 spiro atoms. The molecule has 0 unspecified atom stereocenters. The van der Waals surface area contributed by atoms with E-state index in [9.17, 15) is 9.59 Å². The zero-order valence-electron chi connectivity index (χ0n) is 17.2. The van der Waals surface area contributed by atoms with E-state index in [0.29, 0.717) is 24.5 Å². The number of anilines is 3. The smallest absolute Gasteiger partial charge is 0.329 e. The van der Waals surface area contributed by atoms with Gasteiger partial charge >= 0.3 is 11.7 Å². The molecule has 3 aromatic rings. The van der Waals surface area contributed by atoms with Crippen molar-refractivity contribution >= 4 is 50.1 Å². The van der Waals surface area contributed by atoms with Gasteiger partial charge in [-0.05, 0) is 57.0 Å². The number of nitrogens with one attached hydrogen (secondary N) is 2. The van der Waals surface area contributed by atoms with E-state index in [1.165, 1.54) is 0 Å².